The van der Waals surface area contributed by atoms with Crippen molar-refractivity contribution in [1.29, 1.82) is 0 Å². The zero-order valence-electron chi connectivity index (χ0n) is 21.8. The SMILES string of the molecule is Cc1cc2nc3c(c(C)c2c2c1OCN(C)C2)Cn1c-3c(C)c2c(c1=O)COC(=O)C(C)(C)C2(C)O. The van der Waals surface area contributed by atoms with E-state index in [0.717, 1.165) is 56.7 Å². The van der Waals surface area contributed by atoms with E-state index in [1.165, 1.54) is 0 Å². The first-order chi connectivity index (χ1) is 16.9. The number of hydrogen-bond acceptors (Lipinski definition) is 7. The van der Waals surface area contributed by atoms with Gasteiger partial charge in [-0.3, -0.25) is 14.5 Å². The van der Waals surface area contributed by atoms with Crippen LogP contribution in [-0.2, 0) is 34.8 Å². The molecule has 3 aromatic rings. The molecule has 3 aliphatic rings. The third kappa shape index (κ3) is 2.74. The Labute approximate surface area is 209 Å². The molecule has 8 nitrogen and oxygen atoms in total. The van der Waals surface area contributed by atoms with E-state index in [-0.39, 0.29) is 12.2 Å². The molecule has 0 amide bonds. The smallest absolute Gasteiger partial charge is 0.315 e. The fourth-order valence-corrected chi connectivity index (χ4v) is 6.26. The summed E-state index contributed by atoms with van der Waals surface area (Å²) in [6.45, 7) is 12.5. The molecule has 1 unspecified atom stereocenters. The highest BCUT2D eigenvalue weighted by Gasteiger charge is 2.52. The van der Waals surface area contributed by atoms with Crippen LogP contribution in [0, 0.1) is 26.2 Å². The summed E-state index contributed by atoms with van der Waals surface area (Å²) in [6.07, 6.45) is 0. The van der Waals surface area contributed by atoms with Gasteiger partial charge in [0.05, 0.1) is 34.4 Å². The van der Waals surface area contributed by atoms with Crippen molar-refractivity contribution in [3.63, 3.8) is 0 Å². The number of benzene rings is 1. The average Bonchev–Trinajstić information content (AvgIpc) is 3.17. The number of carbonyl (C=O) groups excluding carboxylic acids is 1. The van der Waals surface area contributed by atoms with Crippen LogP contribution in [0.1, 0.15) is 59.7 Å². The van der Waals surface area contributed by atoms with Crippen molar-refractivity contribution in [1.82, 2.24) is 14.5 Å². The van der Waals surface area contributed by atoms with Gasteiger partial charge >= 0.3 is 5.97 Å². The molecule has 6 rings (SSSR count). The molecule has 0 aliphatic carbocycles. The first-order valence-electron chi connectivity index (χ1n) is 12.3. The molecule has 0 radical (unpaired) electrons. The monoisotopic (exact) mass is 489 g/mol. The topological polar surface area (TPSA) is 93.9 Å². The number of fused-ring (bicyclic) bond motifs is 7. The van der Waals surface area contributed by atoms with Crippen molar-refractivity contribution >= 4 is 16.9 Å². The van der Waals surface area contributed by atoms with Gasteiger partial charge in [0.2, 0.25) is 0 Å². The number of cyclic esters (lactones) is 1. The second kappa shape index (κ2) is 7.17. The lowest BCUT2D eigenvalue weighted by Crippen LogP contribution is -2.45. The molecule has 5 heterocycles. The van der Waals surface area contributed by atoms with Gasteiger partial charge in [0.1, 0.15) is 24.7 Å². The lowest BCUT2D eigenvalue weighted by atomic mass is 9.70. The molecule has 3 aliphatic heterocycles. The van der Waals surface area contributed by atoms with E-state index >= 15 is 0 Å². The average molecular weight is 490 g/mol. The van der Waals surface area contributed by atoms with Gasteiger partial charge in [-0.25, -0.2) is 4.98 Å². The van der Waals surface area contributed by atoms with E-state index in [9.17, 15) is 14.7 Å². The lowest BCUT2D eigenvalue weighted by Gasteiger charge is -2.37. The number of nitrogens with zero attached hydrogens (tertiary/aromatic N) is 3. The predicted octanol–water partition coefficient (Wildman–Crippen LogP) is 3.42. The Morgan fingerprint density at radius 2 is 1.72 bits per heavy atom. The summed E-state index contributed by atoms with van der Waals surface area (Å²) in [4.78, 5) is 33.8. The zero-order chi connectivity index (χ0) is 25.9. The number of aryl methyl sites for hydroxylation is 2. The highest BCUT2D eigenvalue weighted by molar-refractivity contribution is 5.93. The standard InChI is InChI=1S/C28H31N3O5/c1-13-8-19-20(17-9-30(7)12-36-24(13)17)14(2)16-10-31-23(22(16)29-19)15(3)21-18(25(31)32)11-35-26(33)27(4,5)28(21,6)34/h8,34H,9-12H2,1-7H3. The molecule has 1 N–H and O–H groups in total. The largest absolute Gasteiger partial charge is 0.478 e. The van der Waals surface area contributed by atoms with Gasteiger partial charge in [0.15, 0.2) is 0 Å². The number of rotatable bonds is 0. The number of aromatic nitrogens is 2. The molecular weight excluding hydrogens is 458 g/mol. The van der Waals surface area contributed by atoms with Gasteiger partial charge in [-0.05, 0) is 71.3 Å². The second-order valence-corrected chi connectivity index (χ2v) is 11.2. The minimum absolute atomic E-state index is 0.158. The molecule has 2 aromatic heterocycles. The molecule has 0 saturated heterocycles. The first-order valence-corrected chi connectivity index (χ1v) is 12.3. The third-order valence-electron chi connectivity index (χ3n) is 8.65. The number of ether oxygens (including phenoxy) is 2. The van der Waals surface area contributed by atoms with E-state index in [1.807, 2.05) is 20.9 Å². The van der Waals surface area contributed by atoms with Crippen molar-refractivity contribution in [2.24, 2.45) is 5.41 Å². The Hall–Kier alpha value is -3.23. The molecule has 1 atom stereocenters. The Balaban J connectivity index is 1.67. The first kappa shape index (κ1) is 23.2. The van der Waals surface area contributed by atoms with E-state index in [4.69, 9.17) is 14.5 Å². The van der Waals surface area contributed by atoms with Gasteiger partial charge in [0, 0.05) is 28.6 Å². The summed E-state index contributed by atoms with van der Waals surface area (Å²) in [6, 6.07) is 2.05. The molecule has 0 saturated carbocycles. The van der Waals surface area contributed by atoms with E-state index < -0.39 is 17.0 Å². The van der Waals surface area contributed by atoms with Crippen molar-refractivity contribution in [2.75, 3.05) is 13.8 Å². The van der Waals surface area contributed by atoms with Gasteiger partial charge in [-0.15, -0.1) is 0 Å². The van der Waals surface area contributed by atoms with E-state index in [2.05, 4.69) is 17.9 Å². The Kier molecular flexibility index (Phi) is 4.62. The Bertz CT molecular complexity index is 1580. The van der Waals surface area contributed by atoms with Crippen LogP contribution in [0.2, 0.25) is 0 Å². The van der Waals surface area contributed by atoms with Gasteiger partial charge in [-0.1, -0.05) is 0 Å². The summed E-state index contributed by atoms with van der Waals surface area (Å²) in [5.74, 6) is 0.390. The predicted molar refractivity (Wildman–Crippen MR) is 135 cm³/mol. The number of pyridine rings is 2. The van der Waals surface area contributed by atoms with Crippen LogP contribution in [0.4, 0.5) is 0 Å². The normalized spacial score (nSPS) is 22.3. The van der Waals surface area contributed by atoms with Gasteiger partial charge < -0.3 is 19.1 Å². The summed E-state index contributed by atoms with van der Waals surface area (Å²) in [5.41, 5.74) is 5.04. The number of esters is 1. The maximum absolute atomic E-state index is 13.8. The van der Waals surface area contributed by atoms with Crippen molar-refractivity contribution < 1.29 is 19.4 Å². The molecule has 0 spiro atoms. The number of aliphatic hydroxyl groups is 1. The fourth-order valence-electron chi connectivity index (χ4n) is 6.26. The Morgan fingerprint density at radius 1 is 1.00 bits per heavy atom. The van der Waals surface area contributed by atoms with Crippen LogP contribution in [0.5, 0.6) is 5.75 Å². The maximum atomic E-state index is 13.8. The molecule has 8 heteroatoms. The van der Waals surface area contributed by atoms with Crippen LogP contribution in [-0.4, -0.2) is 39.3 Å². The zero-order valence-corrected chi connectivity index (χ0v) is 21.8. The summed E-state index contributed by atoms with van der Waals surface area (Å²) < 4.78 is 13.3. The minimum atomic E-state index is -1.60. The van der Waals surface area contributed by atoms with Crippen LogP contribution in [0.3, 0.4) is 0 Å². The molecule has 36 heavy (non-hydrogen) atoms. The fraction of sp³-hybridized carbons (Fsp3) is 0.464. The van der Waals surface area contributed by atoms with Crippen LogP contribution in [0.15, 0.2) is 10.9 Å². The number of hydrogen-bond donors (Lipinski definition) is 1. The highest BCUT2D eigenvalue weighted by atomic mass is 16.5. The van der Waals surface area contributed by atoms with Crippen LogP contribution < -0.4 is 10.3 Å². The molecule has 0 fully saturated rings. The number of carbonyl (C=O) groups is 1. The van der Waals surface area contributed by atoms with Gasteiger partial charge in [0.25, 0.3) is 5.56 Å². The molecule has 1 aromatic carbocycles. The summed E-state index contributed by atoms with van der Waals surface area (Å²) in [5, 5.41) is 12.8. The third-order valence-corrected chi connectivity index (χ3v) is 8.65. The minimum Gasteiger partial charge on any atom is -0.478 e. The quantitative estimate of drug-likeness (QED) is 0.378. The summed E-state index contributed by atoms with van der Waals surface area (Å²) >= 11 is 0. The lowest BCUT2D eigenvalue weighted by molar-refractivity contribution is -0.169. The summed E-state index contributed by atoms with van der Waals surface area (Å²) in [7, 11) is 2.03. The maximum Gasteiger partial charge on any atom is 0.315 e. The molecule has 188 valence electrons. The van der Waals surface area contributed by atoms with E-state index in [1.54, 1.807) is 25.3 Å². The van der Waals surface area contributed by atoms with Crippen molar-refractivity contribution in [2.45, 2.75) is 66.8 Å². The van der Waals surface area contributed by atoms with Crippen molar-refractivity contribution in [3.8, 4) is 17.1 Å². The van der Waals surface area contributed by atoms with E-state index in [0.29, 0.717) is 30.1 Å². The second-order valence-electron chi connectivity index (χ2n) is 11.2. The van der Waals surface area contributed by atoms with Crippen LogP contribution >= 0.6 is 0 Å². The highest BCUT2D eigenvalue weighted by Crippen LogP contribution is 2.48. The Morgan fingerprint density at radius 3 is 2.44 bits per heavy atom. The molecule has 0 bridgehead atoms. The van der Waals surface area contributed by atoms with Crippen LogP contribution in [0.25, 0.3) is 22.3 Å². The molecular formula is C28H31N3O5. The van der Waals surface area contributed by atoms with Crippen molar-refractivity contribution in [3.05, 3.63) is 55.4 Å². The van der Waals surface area contributed by atoms with Gasteiger partial charge in [-0.2, -0.15) is 0 Å².